The second-order valence-corrected chi connectivity index (χ2v) is 6.36. The molecule has 1 aromatic heterocycles. The maximum absolute atomic E-state index is 5.70. The summed E-state index contributed by atoms with van der Waals surface area (Å²) in [5, 5.41) is 0. The van der Waals surface area contributed by atoms with Gasteiger partial charge in [0.15, 0.2) is 0 Å². The lowest BCUT2D eigenvalue weighted by Crippen LogP contribution is -2.10. The summed E-state index contributed by atoms with van der Waals surface area (Å²) < 4.78 is 5.70. The minimum Gasteiger partial charge on any atom is -0.489 e. The Morgan fingerprint density at radius 3 is 2.71 bits per heavy atom. The Hall–Kier alpha value is -0.570. The molecular weight excluding hydrogens is 278 g/mol. The number of aromatic nitrogens is 1. The highest BCUT2D eigenvalue weighted by molar-refractivity contribution is 9.09. The zero-order valence-electron chi connectivity index (χ0n) is 10.7. The lowest BCUT2D eigenvalue weighted by molar-refractivity contribution is 0.241. The first-order valence-corrected chi connectivity index (χ1v) is 7.25. The van der Waals surface area contributed by atoms with Gasteiger partial charge in [0.25, 0.3) is 0 Å². The van der Waals surface area contributed by atoms with Crippen LogP contribution in [0, 0.1) is 5.92 Å². The highest BCUT2D eigenvalue weighted by Crippen LogP contribution is 2.43. The fourth-order valence-corrected chi connectivity index (χ4v) is 3.19. The Labute approximate surface area is 112 Å². The van der Waals surface area contributed by atoms with Gasteiger partial charge in [0.2, 0.25) is 0 Å². The van der Waals surface area contributed by atoms with E-state index in [2.05, 4.69) is 33.9 Å². The van der Waals surface area contributed by atoms with Crippen molar-refractivity contribution < 1.29 is 4.74 Å². The first-order valence-electron chi connectivity index (χ1n) is 6.33. The molecule has 1 fully saturated rings. The minimum atomic E-state index is 0.206. The summed E-state index contributed by atoms with van der Waals surface area (Å²) in [6.45, 7) is 6.39. The van der Waals surface area contributed by atoms with Crippen LogP contribution in [0.15, 0.2) is 18.5 Å². The lowest BCUT2D eigenvalue weighted by Gasteiger charge is -2.18. The SMILES string of the molecule is CC(C)Oc1cncc(C2CCC(Br)C2C)c1. The maximum atomic E-state index is 5.70. The number of hydrogen-bond donors (Lipinski definition) is 0. The van der Waals surface area contributed by atoms with Crippen LogP contribution in [0.3, 0.4) is 0 Å². The molecule has 3 atom stereocenters. The van der Waals surface area contributed by atoms with Gasteiger partial charge < -0.3 is 4.74 Å². The van der Waals surface area contributed by atoms with Gasteiger partial charge in [-0.15, -0.1) is 0 Å². The van der Waals surface area contributed by atoms with Crippen LogP contribution in [0.4, 0.5) is 0 Å². The number of ether oxygens (including phenoxy) is 1. The van der Waals surface area contributed by atoms with Gasteiger partial charge in [-0.05, 0) is 50.2 Å². The van der Waals surface area contributed by atoms with E-state index in [1.807, 2.05) is 20.0 Å². The smallest absolute Gasteiger partial charge is 0.138 e. The molecule has 1 aliphatic carbocycles. The van der Waals surface area contributed by atoms with Crippen molar-refractivity contribution in [3.63, 3.8) is 0 Å². The topological polar surface area (TPSA) is 22.1 Å². The summed E-state index contributed by atoms with van der Waals surface area (Å²) >= 11 is 3.75. The van der Waals surface area contributed by atoms with Crippen LogP contribution in [-0.2, 0) is 0 Å². The third-order valence-electron chi connectivity index (χ3n) is 3.49. The molecule has 17 heavy (non-hydrogen) atoms. The van der Waals surface area contributed by atoms with Crippen molar-refractivity contribution in [3.8, 4) is 5.75 Å². The van der Waals surface area contributed by atoms with Crippen molar-refractivity contribution in [2.24, 2.45) is 5.92 Å². The molecular formula is C14H20BrNO. The average Bonchev–Trinajstić information content (AvgIpc) is 2.59. The van der Waals surface area contributed by atoms with Crippen molar-refractivity contribution in [2.45, 2.75) is 50.5 Å². The largest absolute Gasteiger partial charge is 0.489 e. The first-order chi connectivity index (χ1) is 8.08. The zero-order chi connectivity index (χ0) is 12.4. The lowest BCUT2D eigenvalue weighted by atomic mass is 9.91. The van der Waals surface area contributed by atoms with Crippen molar-refractivity contribution in [1.29, 1.82) is 0 Å². The van der Waals surface area contributed by atoms with Gasteiger partial charge in [-0.25, -0.2) is 0 Å². The third-order valence-corrected chi connectivity index (χ3v) is 4.78. The van der Waals surface area contributed by atoms with E-state index >= 15 is 0 Å². The van der Waals surface area contributed by atoms with Crippen LogP contribution in [0.25, 0.3) is 0 Å². The van der Waals surface area contributed by atoms with Crippen LogP contribution in [0.1, 0.15) is 45.1 Å². The van der Waals surface area contributed by atoms with Crippen LogP contribution in [0.5, 0.6) is 5.75 Å². The summed E-state index contributed by atoms with van der Waals surface area (Å²) in [4.78, 5) is 4.94. The molecule has 2 rings (SSSR count). The number of halogens is 1. The number of nitrogens with zero attached hydrogens (tertiary/aromatic N) is 1. The molecule has 0 aromatic carbocycles. The van der Waals surface area contributed by atoms with E-state index in [1.54, 1.807) is 6.20 Å². The normalized spacial score (nSPS) is 28.6. The van der Waals surface area contributed by atoms with Gasteiger partial charge in [0.1, 0.15) is 5.75 Å². The van der Waals surface area contributed by atoms with E-state index < -0.39 is 0 Å². The second-order valence-electron chi connectivity index (χ2n) is 5.18. The molecule has 2 nitrogen and oxygen atoms in total. The average molecular weight is 298 g/mol. The Balaban J connectivity index is 2.16. The molecule has 0 aliphatic heterocycles. The Kier molecular flexibility index (Phi) is 4.08. The number of rotatable bonds is 3. The Morgan fingerprint density at radius 1 is 1.35 bits per heavy atom. The first kappa shape index (κ1) is 12.9. The molecule has 0 N–H and O–H groups in total. The maximum Gasteiger partial charge on any atom is 0.138 e. The number of alkyl halides is 1. The molecule has 1 saturated carbocycles. The van der Waals surface area contributed by atoms with E-state index in [9.17, 15) is 0 Å². The fraction of sp³-hybridized carbons (Fsp3) is 0.643. The van der Waals surface area contributed by atoms with Gasteiger partial charge >= 0.3 is 0 Å². The molecule has 0 saturated heterocycles. The zero-order valence-corrected chi connectivity index (χ0v) is 12.3. The van der Waals surface area contributed by atoms with Crippen LogP contribution < -0.4 is 4.74 Å². The van der Waals surface area contributed by atoms with E-state index in [1.165, 1.54) is 18.4 Å². The predicted molar refractivity (Wildman–Crippen MR) is 73.9 cm³/mol. The van der Waals surface area contributed by atoms with Crippen LogP contribution >= 0.6 is 15.9 Å². The van der Waals surface area contributed by atoms with E-state index in [0.717, 1.165) is 5.75 Å². The standard InChI is InChI=1S/C14H20BrNO/c1-9(2)17-12-6-11(7-16-8-12)13-4-5-14(15)10(13)3/h6-10,13-14H,4-5H2,1-3H3. The van der Waals surface area contributed by atoms with E-state index in [0.29, 0.717) is 16.7 Å². The van der Waals surface area contributed by atoms with Gasteiger partial charge in [0, 0.05) is 11.0 Å². The van der Waals surface area contributed by atoms with Crippen molar-refractivity contribution >= 4 is 15.9 Å². The molecule has 1 heterocycles. The quantitative estimate of drug-likeness (QED) is 0.782. The van der Waals surface area contributed by atoms with Crippen molar-refractivity contribution in [3.05, 3.63) is 24.0 Å². The third kappa shape index (κ3) is 3.01. The number of hydrogen-bond acceptors (Lipinski definition) is 2. The molecule has 0 spiro atoms. The summed E-state index contributed by atoms with van der Waals surface area (Å²) in [5.41, 5.74) is 1.32. The van der Waals surface area contributed by atoms with Crippen molar-refractivity contribution in [2.75, 3.05) is 0 Å². The highest BCUT2D eigenvalue weighted by Gasteiger charge is 2.32. The molecule has 3 heteroatoms. The van der Waals surface area contributed by atoms with E-state index in [4.69, 9.17) is 4.74 Å². The predicted octanol–water partition coefficient (Wildman–Crippen LogP) is 4.15. The Bertz CT molecular complexity index is 380. The highest BCUT2D eigenvalue weighted by atomic mass is 79.9. The molecule has 0 bridgehead atoms. The van der Waals surface area contributed by atoms with Gasteiger partial charge in [-0.2, -0.15) is 0 Å². The summed E-state index contributed by atoms with van der Waals surface area (Å²) in [6, 6.07) is 2.15. The van der Waals surface area contributed by atoms with Crippen LogP contribution in [0.2, 0.25) is 0 Å². The van der Waals surface area contributed by atoms with Crippen molar-refractivity contribution in [1.82, 2.24) is 4.98 Å². The Morgan fingerprint density at radius 2 is 2.12 bits per heavy atom. The van der Waals surface area contributed by atoms with Gasteiger partial charge in [-0.3, -0.25) is 4.98 Å². The molecule has 94 valence electrons. The molecule has 0 radical (unpaired) electrons. The summed E-state index contributed by atoms with van der Waals surface area (Å²) in [7, 11) is 0. The van der Waals surface area contributed by atoms with Crippen LogP contribution in [-0.4, -0.2) is 15.9 Å². The fourth-order valence-electron chi connectivity index (χ4n) is 2.56. The molecule has 1 aromatic rings. The van der Waals surface area contributed by atoms with Gasteiger partial charge in [0.05, 0.1) is 12.3 Å². The second kappa shape index (κ2) is 5.38. The van der Waals surface area contributed by atoms with E-state index in [-0.39, 0.29) is 6.10 Å². The molecule has 3 unspecified atom stereocenters. The molecule has 1 aliphatic rings. The number of pyridine rings is 1. The van der Waals surface area contributed by atoms with Gasteiger partial charge in [-0.1, -0.05) is 22.9 Å². The summed E-state index contributed by atoms with van der Waals surface area (Å²) in [5.74, 6) is 2.18. The minimum absolute atomic E-state index is 0.206. The molecule has 0 amide bonds. The monoisotopic (exact) mass is 297 g/mol. The summed E-state index contributed by atoms with van der Waals surface area (Å²) in [6.07, 6.45) is 6.48.